The maximum Gasteiger partial charge on any atom is 0.243 e. The summed E-state index contributed by atoms with van der Waals surface area (Å²) >= 11 is 0. The van der Waals surface area contributed by atoms with Crippen molar-refractivity contribution in [2.75, 3.05) is 5.32 Å². The van der Waals surface area contributed by atoms with Crippen LogP contribution in [0.1, 0.15) is 50.7 Å². The van der Waals surface area contributed by atoms with Gasteiger partial charge in [-0.1, -0.05) is 19.4 Å². The standard InChI is InChI=1S/C18H21N3O2/c1-3-18(2)13-9-10(7-8-14(13)19-17(18)23)15-11-5-4-6-12(11)16(22)21-20-15/h7-9,11-12H,3-6H2,1-2H3,(H,19,23)(H,21,22). The summed E-state index contributed by atoms with van der Waals surface area (Å²) in [6.45, 7) is 4.02. The van der Waals surface area contributed by atoms with Gasteiger partial charge < -0.3 is 5.32 Å². The molecule has 0 spiro atoms. The third-order valence-corrected chi connectivity index (χ3v) is 5.86. The lowest BCUT2D eigenvalue weighted by Crippen LogP contribution is -2.39. The molecule has 2 amide bonds. The Bertz CT molecular complexity index is 740. The summed E-state index contributed by atoms with van der Waals surface area (Å²) < 4.78 is 0. The summed E-state index contributed by atoms with van der Waals surface area (Å²) in [6, 6.07) is 6.06. The van der Waals surface area contributed by atoms with Gasteiger partial charge in [0.05, 0.1) is 11.1 Å². The minimum Gasteiger partial charge on any atom is -0.325 e. The zero-order valence-corrected chi connectivity index (χ0v) is 13.5. The predicted octanol–water partition coefficient (Wildman–Crippen LogP) is 2.56. The Kier molecular flexibility index (Phi) is 3.08. The summed E-state index contributed by atoms with van der Waals surface area (Å²) in [7, 11) is 0. The first-order valence-corrected chi connectivity index (χ1v) is 8.38. The molecule has 5 heteroatoms. The normalized spacial score (nSPS) is 32.0. The highest BCUT2D eigenvalue weighted by atomic mass is 16.2. The number of rotatable bonds is 2. The number of carbonyl (C=O) groups excluding carboxylic acids is 2. The zero-order valence-electron chi connectivity index (χ0n) is 13.5. The van der Waals surface area contributed by atoms with Gasteiger partial charge in [0.2, 0.25) is 11.8 Å². The van der Waals surface area contributed by atoms with Crippen molar-refractivity contribution in [3.8, 4) is 0 Å². The first-order chi connectivity index (χ1) is 11.0. The molecule has 3 atom stereocenters. The highest BCUT2D eigenvalue weighted by Gasteiger charge is 2.43. The Hall–Kier alpha value is -2.17. The Morgan fingerprint density at radius 2 is 2.04 bits per heavy atom. The number of nitrogens with zero attached hydrogens (tertiary/aromatic N) is 1. The lowest BCUT2D eigenvalue weighted by molar-refractivity contribution is -0.126. The molecule has 23 heavy (non-hydrogen) atoms. The van der Waals surface area contributed by atoms with Gasteiger partial charge in [-0.2, -0.15) is 5.10 Å². The third kappa shape index (κ3) is 1.95. The number of hydrazone groups is 1. The summed E-state index contributed by atoms with van der Waals surface area (Å²) in [5.74, 6) is 0.366. The number of anilines is 1. The average molecular weight is 311 g/mol. The van der Waals surface area contributed by atoms with Crippen molar-refractivity contribution in [3.05, 3.63) is 29.3 Å². The van der Waals surface area contributed by atoms with Gasteiger partial charge in [0.1, 0.15) is 0 Å². The first-order valence-electron chi connectivity index (χ1n) is 8.38. The molecule has 1 saturated carbocycles. The number of hydrogen-bond acceptors (Lipinski definition) is 3. The quantitative estimate of drug-likeness (QED) is 0.881. The van der Waals surface area contributed by atoms with E-state index < -0.39 is 5.41 Å². The number of hydrogen-bond donors (Lipinski definition) is 2. The monoisotopic (exact) mass is 311 g/mol. The first kappa shape index (κ1) is 14.4. The van der Waals surface area contributed by atoms with Gasteiger partial charge in [0, 0.05) is 17.5 Å². The second-order valence-electron chi connectivity index (χ2n) is 7.02. The Morgan fingerprint density at radius 1 is 1.26 bits per heavy atom. The molecule has 0 aromatic heterocycles. The van der Waals surface area contributed by atoms with Crippen molar-refractivity contribution in [3.63, 3.8) is 0 Å². The lowest BCUT2D eigenvalue weighted by Gasteiger charge is -2.26. The second kappa shape index (κ2) is 4.91. The van der Waals surface area contributed by atoms with E-state index in [4.69, 9.17) is 0 Å². The number of nitrogens with one attached hydrogen (secondary N) is 2. The van der Waals surface area contributed by atoms with Gasteiger partial charge in [-0.15, -0.1) is 0 Å². The fourth-order valence-electron chi connectivity index (χ4n) is 4.16. The molecular weight excluding hydrogens is 290 g/mol. The summed E-state index contributed by atoms with van der Waals surface area (Å²) in [4.78, 5) is 24.3. The molecule has 1 aromatic carbocycles. The van der Waals surface area contributed by atoms with E-state index in [1.54, 1.807) is 0 Å². The van der Waals surface area contributed by atoms with E-state index >= 15 is 0 Å². The minimum atomic E-state index is -0.487. The SMILES string of the molecule is CCC1(C)C(=O)Nc2ccc(C3=NNC(=O)C4CCCC34)cc21. The number of carbonyl (C=O) groups is 2. The summed E-state index contributed by atoms with van der Waals surface area (Å²) in [5.41, 5.74) is 6.12. The fraction of sp³-hybridized carbons (Fsp3) is 0.500. The van der Waals surface area contributed by atoms with Crippen LogP contribution in [0.15, 0.2) is 23.3 Å². The Balaban J connectivity index is 1.78. The molecule has 5 nitrogen and oxygen atoms in total. The van der Waals surface area contributed by atoms with E-state index in [0.717, 1.165) is 48.2 Å². The van der Waals surface area contributed by atoms with Crippen LogP contribution >= 0.6 is 0 Å². The van der Waals surface area contributed by atoms with Crippen LogP contribution in [-0.2, 0) is 15.0 Å². The molecule has 120 valence electrons. The molecule has 1 fully saturated rings. The van der Waals surface area contributed by atoms with Gasteiger partial charge in [-0.05, 0) is 49.4 Å². The second-order valence-corrected chi connectivity index (χ2v) is 7.02. The summed E-state index contributed by atoms with van der Waals surface area (Å²) in [6.07, 6.45) is 3.77. The third-order valence-electron chi connectivity index (χ3n) is 5.86. The van der Waals surface area contributed by atoms with E-state index in [1.807, 2.05) is 26.0 Å². The van der Waals surface area contributed by atoms with Crippen LogP contribution < -0.4 is 10.7 Å². The lowest BCUT2D eigenvalue weighted by atomic mass is 9.79. The van der Waals surface area contributed by atoms with Crippen LogP contribution in [0.4, 0.5) is 5.69 Å². The molecule has 2 N–H and O–H groups in total. The van der Waals surface area contributed by atoms with E-state index in [0.29, 0.717) is 0 Å². The van der Waals surface area contributed by atoms with Gasteiger partial charge in [-0.25, -0.2) is 5.43 Å². The van der Waals surface area contributed by atoms with Crippen molar-refractivity contribution in [1.29, 1.82) is 0 Å². The number of benzene rings is 1. The van der Waals surface area contributed by atoms with Crippen molar-refractivity contribution in [2.24, 2.45) is 16.9 Å². The van der Waals surface area contributed by atoms with Crippen molar-refractivity contribution in [2.45, 2.75) is 44.9 Å². The molecule has 3 unspecified atom stereocenters. The Labute approximate surface area is 135 Å². The molecule has 4 rings (SSSR count). The maximum absolute atomic E-state index is 12.3. The van der Waals surface area contributed by atoms with Gasteiger partial charge in [0.15, 0.2) is 0 Å². The van der Waals surface area contributed by atoms with Gasteiger partial charge >= 0.3 is 0 Å². The molecule has 0 saturated heterocycles. The van der Waals surface area contributed by atoms with Crippen LogP contribution in [0.2, 0.25) is 0 Å². The topological polar surface area (TPSA) is 70.6 Å². The smallest absolute Gasteiger partial charge is 0.243 e. The average Bonchev–Trinajstić information content (AvgIpc) is 3.13. The highest BCUT2D eigenvalue weighted by molar-refractivity contribution is 6.10. The largest absolute Gasteiger partial charge is 0.325 e. The van der Waals surface area contributed by atoms with E-state index in [-0.39, 0.29) is 23.7 Å². The van der Waals surface area contributed by atoms with Crippen LogP contribution in [0.5, 0.6) is 0 Å². The van der Waals surface area contributed by atoms with Gasteiger partial charge in [-0.3, -0.25) is 9.59 Å². The number of fused-ring (bicyclic) bond motifs is 2. The van der Waals surface area contributed by atoms with Crippen LogP contribution in [0.25, 0.3) is 0 Å². The molecule has 1 aliphatic carbocycles. The molecular formula is C18H21N3O2. The maximum atomic E-state index is 12.3. The summed E-state index contributed by atoms with van der Waals surface area (Å²) in [5, 5.41) is 7.33. The molecule has 1 aromatic rings. The zero-order chi connectivity index (χ0) is 16.2. The fourth-order valence-corrected chi connectivity index (χ4v) is 4.16. The van der Waals surface area contributed by atoms with Crippen LogP contribution in [0, 0.1) is 11.8 Å². The minimum absolute atomic E-state index is 0.0488. The van der Waals surface area contributed by atoms with Crippen LogP contribution in [-0.4, -0.2) is 17.5 Å². The molecule has 0 bridgehead atoms. The van der Waals surface area contributed by atoms with Crippen molar-refractivity contribution in [1.82, 2.24) is 5.43 Å². The number of amides is 2. The molecule has 2 heterocycles. The van der Waals surface area contributed by atoms with E-state index in [1.165, 1.54) is 0 Å². The van der Waals surface area contributed by atoms with E-state index in [9.17, 15) is 9.59 Å². The van der Waals surface area contributed by atoms with E-state index in [2.05, 4.69) is 21.9 Å². The molecule has 0 radical (unpaired) electrons. The Morgan fingerprint density at radius 3 is 2.83 bits per heavy atom. The van der Waals surface area contributed by atoms with Crippen molar-refractivity contribution >= 4 is 23.2 Å². The highest BCUT2D eigenvalue weighted by Crippen LogP contribution is 2.42. The van der Waals surface area contributed by atoms with Crippen molar-refractivity contribution < 1.29 is 9.59 Å². The molecule has 2 aliphatic heterocycles. The molecule has 3 aliphatic rings. The predicted molar refractivity (Wildman–Crippen MR) is 88.2 cm³/mol. The van der Waals surface area contributed by atoms with Crippen LogP contribution in [0.3, 0.4) is 0 Å². The van der Waals surface area contributed by atoms with Gasteiger partial charge in [0.25, 0.3) is 0 Å².